The van der Waals surface area contributed by atoms with Gasteiger partial charge in [0.15, 0.2) is 0 Å². The van der Waals surface area contributed by atoms with Gasteiger partial charge in [0.25, 0.3) is 0 Å². The monoisotopic (exact) mass is 282 g/mol. The molecule has 0 nitrogen and oxygen atoms in total. The lowest BCUT2D eigenvalue weighted by molar-refractivity contribution is 1.10. The molecule has 0 heterocycles. The van der Waals surface area contributed by atoms with Gasteiger partial charge in [-0.3, -0.25) is 0 Å². The van der Waals surface area contributed by atoms with Crippen LogP contribution in [0.15, 0.2) is 12.1 Å². The largest absolute Gasteiger partial charge is 0.179 e. The fourth-order valence-electron chi connectivity index (χ4n) is 0.965. The first-order valence-electron chi connectivity index (χ1n) is 4.15. The summed E-state index contributed by atoms with van der Waals surface area (Å²) < 4.78 is 0. The Morgan fingerprint density at radius 3 is 2.50 bits per heavy atom. The van der Waals surface area contributed by atoms with Gasteiger partial charge in [-0.1, -0.05) is 46.9 Å². The summed E-state index contributed by atoms with van der Waals surface area (Å²) in [4.78, 5) is 0. The minimum Gasteiger partial charge on any atom is -0.179 e. The summed E-state index contributed by atoms with van der Waals surface area (Å²) in [6, 6.07) is 4.83. The topological polar surface area (TPSA) is 0 Å². The van der Waals surface area contributed by atoms with Crippen LogP contribution in [0.25, 0.3) is 0 Å². The molecule has 0 unspecified atom stereocenters. The van der Waals surface area contributed by atoms with Crippen molar-refractivity contribution in [2.24, 2.45) is 0 Å². The van der Waals surface area contributed by atoms with Gasteiger partial charge in [-0.05, 0) is 23.4 Å². The maximum Gasteiger partial charge on any atom is 0.0829 e. The normalized spacial score (nSPS) is 10.6. The second kappa shape index (κ2) is 6.29. The van der Waals surface area contributed by atoms with Crippen molar-refractivity contribution in [1.82, 2.24) is 0 Å². The molecule has 0 aliphatic rings. The molecule has 0 aliphatic carbocycles. The molecule has 0 atom stereocenters. The molecule has 1 aromatic rings. The highest BCUT2D eigenvalue weighted by Crippen LogP contribution is 2.27. The van der Waals surface area contributed by atoms with Crippen molar-refractivity contribution in [3.05, 3.63) is 27.2 Å². The predicted molar refractivity (Wildman–Crippen MR) is 70.1 cm³/mol. The number of hydrogen-bond donors (Lipinski definition) is 1. The molecule has 0 amide bonds. The third kappa shape index (κ3) is 3.35. The fraction of sp³-hybridized carbons (Fsp3) is 0.333. The Kier molecular flexibility index (Phi) is 5.71. The number of thiol groups is 1. The van der Waals surface area contributed by atoms with Crippen LogP contribution >= 0.6 is 47.4 Å². The summed E-state index contributed by atoms with van der Waals surface area (Å²) in [5, 5.41) is 2.66. The highest BCUT2D eigenvalue weighted by Gasteiger charge is 2.08. The average molecular weight is 284 g/mol. The molecule has 0 N–H and O–H groups in total. The first-order chi connectivity index (χ1) is 6.66. The lowest BCUT2D eigenvalue weighted by Gasteiger charge is -2.05. The summed E-state index contributed by atoms with van der Waals surface area (Å²) in [6.45, 7) is 0. The van der Waals surface area contributed by atoms with E-state index >= 15 is 0 Å². The van der Waals surface area contributed by atoms with Gasteiger partial charge in [0.1, 0.15) is 0 Å². The molecule has 1 aromatic carbocycles. The Hall–Kier alpha value is 0.657. The maximum absolute atomic E-state index is 6.05. The third-order valence-electron chi connectivity index (χ3n) is 1.69. The third-order valence-corrected chi connectivity index (χ3v) is 4.85. The van der Waals surface area contributed by atoms with Crippen LogP contribution in [0, 0.1) is 0 Å². The SMILES string of the molecule is SCCC[Si]c1ccc(Cl)c(Cl)c1Cl. The van der Waals surface area contributed by atoms with Gasteiger partial charge in [-0.25, -0.2) is 0 Å². The molecule has 0 saturated carbocycles. The summed E-state index contributed by atoms with van der Waals surface area (Å²) >= 11 is 21.9. The van der Waals surface area contributed by atoms with Crippen LogP contribution in [0.5, 0.6) is 0 Å². The summed E-state index contributed by atoms with van der Waals surface area (Å²) in [6.07, 6.45) is 1.10. The van der Waals surface area contributed by atoms with Crippen molar-refractivity contribution in [3.63, 3.8) is 0 Å². The van der Waals surface area contributed by atoms with Gasteiger partial charge in [-0.2, -0.15) is 12.6 Å². The van der Waals surface area contributed by atoms with Crippen LogP contribution in [0.3, 0.4) is 0 Å². The zero-order valence-electron chi connectivity index (χ0n) is 7.36. The van der Waals surface area contributed by atoms with Gasteiger partial charge in [0.2, 0.25) is 0 Å². The summed E-state index contributed by atoms with van der Waals surface area (Å²) in [7, 11) is 0.679. The van der Waals surface area contributed by atoms with E-state index in [4.69, 9.17) is 34.8 Å². The van der Waals surface area contributed by atoms with E-state index in [-0.39, 0.29) is 0 Å². The fourth-order valence-corrected chi connectivity index (χ4v) is 3.34. The van der Waals surface area contributed by atoms with Crippen LogP contribution < -0.4 is 5.19 Å². The molecular formula is C9H9Cl3SSi. The van der Waals surface area contributed by atoms with E-state index in [2.05, 4.69) is 12.6 Å². The Morgan fingerprint density at radius 2 is 1.86 bits per heavy atom. The van der Waals surface area contributed by atoms with E-state index in [0.717, 1.165) is 23.4 Å². The first-order valence-corrected chi connectivity index (χ1v) is 7.12. The van der Waals surface area contributed by atoms with Crippen molar-refractivity contribution < 1.29 is 0 Å². The average Bonchev–Trinajstić information content (AvgIpc) is 2.18. The second-order valence-corrected chi connectivity index (χ2v) is 5.73. The Labute approximate surface area is 107 Å². The number of rotatable bonds is 4. The number of benzene rings is 1. The summed E-state index contributed by atoms with van der Waals surface area (Å²) in [5.74, 6) is 0.909. The van der Waals surface area contributed by atoms with Gasteiger partial charge in [0, 0.05) is 0 Å². The molecule has 0 saturated heterocycles. The van der Waals surface area contributed by atoms with Crippen molar-refractivity contribution in [1.29, 1.82) is 0 Å². The molecule has 76 valence electrons. The van der Waals surface area contributed by atoms with E-state index in [9.17, 15) is 0 Å². The molecule has 0 aliphatic heterocycles. The molecule has 0 fully saturated rings. The minimum absolute atomic E-state index is 0.462. The smallest absolute Gasteiger partial charge is 0.0829 e. The highest BCUT2D eigenvalue weighted by atomic mass is 35.5. The molecule has 0 bridgehead atoms. The molecule has 0 spiro atoms. The quantitative estimate of drug-likeness (QED) is 0.370. The first kappa shape index (κ1) is 12.7. The zero-order chi connectivity index (χ0) is 10.6. The number of hydrogen-bond acceptors (Lipinski definition) is 1. The van der Waals surface area contributed by atoms with Crippen molar-refractivity contribution >= 4 is 62.1 Å². The van der Waals surface area contributed by atoms with Crippen molar-refractivity contribution in [2.45, 2.75) is 12.5 Å². The Morgan fingerprint density at radius 1 is 1.14 bits per heavy atom. The van der Waals surface area contributed by atoms with E-state index in [0.29, 0.717) is 24.6 Å². The second-order valence-electron chi connectivity index (χ2n) is 2.73. The zero-order valence-corrected chi connectivity index (χ0v) is 11.5. The maximum atomic E-state index is 6.05. The van der Waals surface area contributed by atoms with Gasteiger partial charge < -0.3 is 0 Å². The molecule has 1 rings (SSSR count). The standard InChI is InChI=1S/C9H9Cl3SSi/c10-6-2-3-7(9(12)8(6)11)14-5-1-4-13/h2-3,13H,1,4-5H2. The molecule has 0 aromatic heterocycles. The predicted octanol–water partition coefficient (Wildman–Crippen LogP) is 3.71. The van der Waals surface area contributed by atoms with Gasteiger partial charge in [0.05, 0.1) is 24.6 Å². The van der Waals surface area contributed by atoms with Crippen LogP contribution in [0.4, 0.5) is 0 Å². The van der Waals surface area contributed by atoms with Crippen LogP contribution in [0.2, 0.25) is 21.1 Å². The van der Waals surface area contributed by atoms with Crippen molar-refractivity contribution in [3.8, 4) is 0 Å². The lowest BCUT2D eigenvalue weighted by atomic mass is 10.3. The van der Waals surface area contributed by atoms with E-state index < -0.39 is 0 Å². The van der Waals surface area contributed by atoms with Crippen LogP contribution in [0.1, 0.15) is 6.42 Å². The molecular weight excluding hydrogens is 275 g/mol. The Balaban J connectivity index is 2.73. The van der Waals surface area contributed by atoms with E-state index in [1.807, 2.05) is 6.07 Å². The van der Waals surface area contributed by atoms with E-state index in [1.165, 1.54) is 0 Å². The molecule has 14 heavy (non-hydrogen) atoms. The minimum atomic E-state index is 0.462. The van der Waals surface area contributed by atoms with Crippen molar-refractivity contribution in [2.75, 3.05) is 5.75 Å². The summed E-state index contributed by atoms with van der Waals surface area (Å²) in [5.41, 5.74) is 0. The molecule has 5 heteroatoms. The molecule has 2 radical (unpaired) electrons. The van der Waals surface area contributed by atoms with Crippen LogP contribution in [-0.2, 0) is 0 Å². The highest BCUT2D eigenvalue weighted by molar-refractivity contribution is 7.80. The van der Waals surface area contributed by atoms with Crippen LogP contribution in [-0.4, -0.2) is 15.3 Å². The lowest BCUT2D eigenvalue weighted by Crippen LogP contribution is -2.15. The van der Waals surface area contributed by atoms with E-state index in [1.54, 1.807) is 6.07 Å². The van der Waals surface area contributed by atoms with Gasteiger partial charge in [-0.15, -0.1) is 0 Å². The van der Waals surface area contributed by atoms with Gasteiger partial charge >= 0.3 is 0 Å². The number of halogens is 3. The Bertz CT molecular complexity index is 317.